The van der Waals surface area contributed by atoms with E-state index in [9.17, 15) is 0 Å². The third kappa shape index (κ3) is 4.84. The number of benzene rings is 1. The molecular formula is C16H25NO2. The summed E-state index contributed by atoms with van der Waals surface area (Å²) in [5.41, 5.74) is 1.23. The van der Waals surface area contributed by atoms with Gasteiger partial charge in [0.2, 0.25) is 0 Å². The fourth-order valence-corrected chi connectivity index (χ4v) is 2.31. The third-order valence-electron chi connectivity index (χ3n) is 3.37. The highest BCUT2D eigenvalue weighted by Gasteiger charge is 2.25. The maximum atomic E-state index is 5.98. The van der Waals surface area contributed by atoms with E-state index < -0.39 is 0 Å². The Balaban J connectivity index is 1.70. The number of aryl methyl sites for hydroxylation is 1. The summed E-state index contributed by atoms with van der Waals surface area (Å²) in [5.74, 6) is 0.937. The molecule has 0 radical (unpaired) electrons. The van der Waals surface area contributed by atoms with Crippen LogP contribution in [-0.2, 0) is 4.74 Å². The van der Waals surface area contributed by atoms with E-state index in [0.29, 0.717) is 18.8 Å². The molecule has 1 saturated heterocycles. The van der Waals surface area contributed by atoms with Crippen LogP contribution in [-0.4, -0.2) is 31.4 Å². The minimum Gasteiger partial charge on any atom is -0.491 e. The van der Waals surface area contributed by atoms with E-state index in [1.165, 1.54) is 5.56 Å². The van der Waals surface area contributed by atoms with E-state index in [1.54, 1.807) is 0 Å². The van der Waals surface area contributed by atoms with Crippen LogP contribution < -0.4 is 10.1 Å². The van der Waals surface area contributed by atoms with Gasteiger partial charge in [0.1, 0.15) is 12.4 Å². The fraction of sp³-hybridized carbons (Fsp3) is 0.625. The Morgan fingerprint density at radius 2 is 2.11 bits per heavy atom. The highest BCUT2D eigenvalue weighted by molar-refractivity contribution is 5.27. The monoisotopic (exact) mass is 263 g/mol. The third-order valence-corrected chi connectivity index (χ3v) is 3.37. The van der Waals surface area contributed by atoms with Gasteiger partial charge in [0.25, 0.3) is 0 Å². The van der Waals surface area contributed by atoms with Crippen molar-refractivity contribution in [2.24, 2.45) is 0 Å². The van der Waals surface area contributed by atoms with Gasteiger partial charge in [-0.1, -0.05) is 26.0 Å². The highest BCUT2D eigenvalue weighted by atomic mass is 16.5. The topological polar surface area (TPSA) is 30.5 Å². The van der Waals surface area contributed by atoms with Crippen molar-refractivity contribution in [3.63, 3.8) is 0 Å². The van der Waals surface area contributed by atoms with E-state index in [-0.39, 0.29) is 6.10 Å². The van der Waals surface area contributed by atoms with E-state index >= 15 is 0 Å². The fourth-order valence-electron chi connectivity index (χ4n) is 2.31. The number of ether oxygens (including phenoxy) is 2. The molecule has 1 heterocycles. The Hall–Kier alpha value is -1.06. The zero-order valence-corrected chi connectivity index (χ0v) is 12.2. The van der Waals surface area contributed by atoms with Crippen LogP contribution in [0.15, 0.2) is 24.3 Å². The molecule has 0 amide bonds. The van der Waals surface area contributed by atoms with Gasteiger partial charge in [0, 0.05) is 12.6 Å². The van der Waals surface area contributed by atoms with Crippen molar-refractivity contribution in [3.8, 4) is 5.75 Å². The largest absolute Gasteiger partial charge is 0.491 e. The summed E-state index contributed by atoms with van der Waals surface area (Å²) in [6.45, 7) is 7.99. The van der Waals surface area contributed by atoms with Crippen LogP contribution in [0, 0.1) is 6.92 Å². The highest BCUT2D eigenvalue weighted by Crippen LogP contribution is 2.21. The number of nitrogens with one attached hydrogen (secondary N) is 1. The second-order valence-electron chi connectivity index (χ2n) is 5.65. The zero-order valence-electron chi connectivity index (χ0n) is 12.2. The van der Waals surface area contributed by atoms with Crippen molar-refractivity contribution >= 4 is 0 Å². The first kappa shape index (κ1) is 14.4. The summed E-state index contributed by atoms with van der Waals surface area (Å²) < 4.78 is 11.8. The van der Waals surface area contributed by atoms with Crippen molar-refractivity contribution in [2.45, 2.75) is 51.9 Å². The zero-order chi connectivity index (χ0) is 13.7. The summed E-state index contributed by atoms with van der Waals surface area (Å²) in [5, 5.41) is 3.42. The van der Waals surface area contributed by atoms with Crippen LogP contribution in [0.4, 0.5) is 0 Å². The molecule has 1 N–H and O–H groups in total. The predicted molar refractivity (Wildman–Crippen MR) is 77.7 cm³/mol. The van der Waals surface area contributed by atoms with Gasteiger partial charge in [-0.3, -0.25) is 0 Å². The molecular weight excluding hydrogens is 238 g/mol. The van der Waals surface area contributed by atoms with Crippen LogP contribution >= 0.6 is 0 Å². The molecule has 0 bridgehead atoms. The Morgan fingerprint density at radius 1 is 1.32 bits per heavy atom. The first-order valence-electron chi connectivity index (χ1n) is 7.22. The van der Waals surface area contributed by atoms with Crippen LogP contribution in [0.1, 0.15) is 32.3 Å². The van der Waals surface area contributed by atoms with Crippen LogP contribution in [0.25, 0.3) is 0 Å². The van der Waals surface area contributed by atoms with Gasteiger partial charge in [-0.25, -0.2) is 0 Å². The molecule has 3 heteroatoms. The van der Waals surface area contributed by atoms with Crippen molar-refractivity contribution in [1.29, 1.82) is 0 Å². The van der Waals surface area contributed by atoms with E-state index in [2.05, 4.69) is 38.2 Å². The van der Waals surface area contributed by atoms with Gasteiger partial charge in [-0.15, -0.1) is 0 Å². The van der Waals surface area contributed by atoms with Crippen molar-refractivity contribution in [1.82, 2.24) is 5.32 Å². The molecule has 1 aliphatic heterocycles. The summed E-state index contributed by atoms with van der Waals surface area (Å²) in [4.78, 5) is 0. The molecule has 2 rings (SSSR count). The predicted octanol–water partition coefficient (Wildman–Crippen LogP) is 2.92. The molecule has 1 aromatic carbocycles. The molecule has 1 aliphatic rings. The lowest BCUT2D eigenvalue weighted by atomic mass is 10.2. The first-order valence-corrected chi connectivity index (χ1v) is 7.22. The Bertz CT molecular complexity index is 392. The van der Waals surface area contributed by atoms with Gasteiger partial charge in [-0.2, -0.15) is 0 Å². The molecule has 1 fully saturated rings. The molecule has 19 heavy (non-hydrogen) atoms. The quantitative estimate of drug-likeness (QED) is 0.856. The Labute approximate surface area is 116 Å². The second-order valence-corrected chi connectivity index (χ2v) is 5.65. The van der Waals surface area contributed by atoms with Gasteiger partial charge >= 0.3 is 0 Å². The molecule has 0 saturated carbocycles. The minimum absolute atomic E-state index is 0.236. The standard InChI is InChI=1S/C16H25NO2/c1-12(2)17-10-15-7-8-16(19-15)11-18-14-6-4-5-13(3)9-14/h4-6,9,12,15-17H,7-8,10-11H2,1-3H3. The van der Waals surface area contributed by atoms with Crippen LogP contribution in [0.2, 0.25) is 0 Å². The molecule has 2 unspecified atom stereocenters. The summed E-state index contributed by atoms with van der Waals surface area (Å²) in [6, 6.07) is 8.68. The molecule has 0 aromatic heterocycles. The maximum absolute atomic E-state index is 5.98. The van der Waals surface area contributed by atoms with Gasteiger partial charge in [0.15, 0.2) is 0 Å². The lowest BCUT2D eigenvalue weighted by molar-refractivity contribution is 0.0178. The van der Waals surface area contributed by atoms with E-state index in [4.69, 9.17) is 9.47 Å². The van der Waals surface area contributed by atoms with Crippen molar-refractivity contribution in [3.05, 3.63) is 29.8 Å². The van der Waals surface area contributed by atoms with E-state index in [0.717, 1.165) is 25.1 Å². The van der Waals surface area contributed by atoms with Crippen LogP contribution in [0.5, 0.6) is 5.75 Å². The van der Waals surface area contributed by atoms with Crippen molar-refractivity contribution < 1.29 is 9.47 Å². The SMILES string of the molecule is Cc1cccc(OCC2CCC(CNC(C)C)O2)c1. The minimum atomic E-state index is 0.236. The lowest BCUT2D eigenvalue weighted by Crippen LogP contribution is -2.32. The summed E-state index contributed by atoms with van der Waals surface area (Å²) in [6.07, 6.45) is 2.80. The second kappa shape index (κ2) is 6.92. The Morgan fingerprint density at radius 3 is 2.84 bits per heavy atom. The molecule has 0 aliphatic carbocycles. The summed E-state index contributed by atoms with van der Waals surface area (Å²) in [7, 11) is 0. The lowest BCUT2D eigenvalue weighted by Gasteiger charge is -2.16. The Kier molecular flexibility index (Phi) is 5.23. The van der Waals surface area contributed by atoms with Crippen LogP contribution in [0.3, 0.4) is 0 Å². The molecule has 2 atom stereocenters. The van der Waals surface area contributed by atoms with E-state index in [1.807, 2.05) is 12.1 Å². The molecule has 3 nitrogen and oxygen atoms in total. The molecule has 1 aromatic rings. The average molecular weight is 263 g/mol. The van der Waals surface area contributed by atoms with Crippen molar-refractivity contribution in [2.75, 3.05) is 13.2 Å². The van der Waals surface area contributed by atoms with Gasteiger partial charge in [0.05, 0.1) is 12.2 Å². The first-order chi connectivity index (χ1) is 9.13. The summed E-state index contributed by atoms with van der Waals surface area (Å²) >= 11 is 0. The molecule has 106 valence electrons. The number of hydrogen-bond acceptors (Lipinski definition) is 3. The van der Waals surface area contributed by atoms with Gasteiger partial charge < -0.3 is 14.8 Å². The number of rotatable bonds is 6. The number of hydrogen-bond donors (Lipinski definition) is 1. The smallest absolute Gasteiger partial charge is 0.119 e. The average Bonchev–Trinajstić information content (AvgIpc) is 2.82. The van der Waals surface area contributed by atoms with Gasteiger partial charge in [-0.05, 0) is 37.5 Å². The maximum Gasteiger partial charge on any atom is 0.119 e. The normalized spacial score (nSPS) is 22.9. The molecule has 0 spiro atoms.